The number of phosphoric acid groups is 1. The fraction of sp³-hybridized carbons (Fsp3) is 1.00. The molecule has 71 valence electrons. The molecule has 0 unspecified atom stereocenters. The first-order chi connectivity index (χ1) is 4.49. The van der Waals surface area contributed by atoms with Crippen molar-refractivity contribution >= 4 is 37.4 Å². The molecule has 0 aliphatic rings. The number of rotatable bonds is 4. The summed E-state index contributed by atoms with van der Waals surface area (Å²) in [5.41, 5.74) is 0. The molecule has 0 atom stereocenters. The zero-order valence-electron chi connectivity index (χ0n) is 6.54. The Kier molecular flexibility index (Phi) is 13.4. The van der Waals surface area contributed by atoms with Crippen molar-refractivity contribution < 1.29 is 34.6 Å². The normalized spacial score (nSPS) is 10.4. The quantitative estimate of drug-likeness (QED) is 0.294. The zero-order chi connectivity index (χ0) is 8.20. The van der Waals surface area contributed by atoms with Gasteiger partial charge in [-0.1, -0.05) is 0 Å². The smallest absolute Gasteiger partial charge is 0.412 e. The first kappa shape index (κ1) is 18.7. The Labute approximate surface area is 91.2 Å². The molecule has 0 fully saturated rings. The summed E-state index contributed by atoms with van der Waals surface area (Å²) < 4.78 is 13.9. The average molecular weight is 213 g/mol. The maximum atomic E-state index is 10.0. The third-order valence-corrected chi connectivity index (χ3v) is 1.27. The second-order valence-corrected chi connectivity index (χ2v) is 2.78. The number of aliphatic hydroxyl groups excluding tert-OH is 2. The molecule has 0 heterocycles. The van der Waals surface area contributed by atoms with Crippen molar-refractivity contribution in [1.29, 1.82) is 0 Å². The largest absolute Gasteiger partial charge is 0.470 e. The molecule has 0 aromatic heterocycles. The summed E-state index contributed by atoms with van der Waals surface area (Å²) in [5.74, 6) is 0. The van der Waals surface area contributed by atoms with E-state index in [-0.39, 0.29) is 35.0 Å². The molecular formula is C3H11NaO7P. The van der Waals surface area contributed by atoms with Gasteiger partial charge in [0.05, 0.1) is 13.2 Å². The van der Waals surface area contributed by atoms with Gasteiger partial charge in [0.15, 0.2) is 0 Å². The van der Waals surface area contributed by atoms with Crippen LogP contribution < -0.4 is 0 Å². The third-order valence-electron chi connectivity index (χ3n) is 0.694. The first-order valence-electron chi connectivity index (χ1n) is 2.45. The van der Waals surface area contributed by atoms with Crippen LogP contribution in [0.5, 0.6) is 0 Å². The van der Waals surface area contributed by atoms with Gasteiger partial charge < -0.3 is 25.5 Å². The predicted molar refractivity (Wildman–Crippen MR) is 40.5 cm³/mol. The maximum Gasteiger partial charge on any atom is 0.470 e. The van der Waals surface area contributed by atoms with Crippen molar-refractivity contribution in [2.45, 2.75) is 6.10 Å². The summed E-state index contributed by atoms with van der Waals surface area (Å²) in [6, 6.07) is 0. The van der Waals surface area contributed by atoms with Crippen LogP contribution in [-0.2, 0) is 9.09 Å². The van der Waals surface area contributed by atoms with Crippen LogP contribution in [0.25, 0.3) is 0 Å². The molecule has 0 spiro atoms. The van der Waals surface area contributed by atoms with Crippen LogP contribution in [0.1, 0.15) is 0 Å². The molecule has 0 aliphatic carbocycles. The summed E-state index contributed by atoms with van der Waals surface area (Å²) in [7, 11) is -4.57. The molecular weight excluding hydrogens is 202 g/mol. The molecule has 0 aromatic carbocycles. The van der Waals surface area contributed by atoms with Crippen LogP contribution in [-0.4, -0.2) is 74.4 Å². The maximum absolute atomic E-state index is 10.0. The Balaban J connectivity index is -0.000000405. The van der Waals surface area contributed by atoms with Crippen molar-refractivity contribution in [1.82, 2.24) is 0 Å². The van der Waals surface area contributed by atoms with Gasteiger partial charge in [0.25, 0.3) is 0 Å². The molecule has 0 bridgehead atoms. The predicted octanol–water partition coefficient (Wildman–Crippen LogP) is -2.76. The zero-order valence-corrected chi connectivity index (χ0v) is 9.44. The van der Waals surface area contributed by atoms with Gasteiger partial charge in [-0.05, 0) is 0 Å². The molecule has 0 saturated heterocycles. The Morgan fingerprint density at radius 1 is 1.25 bits per heavy atom. The summed E-state index contributed by atoms with van der Waals surface area (Å²) in [6.45, 7) is -1.25. The Morgan fingerprint density at radius 2 is 1.58 bits per heavy atom. The Morgan fingerprint density at radius 3 is 1.67 bits per heavy atom. The summed E-state index contributed by atoms with van der Waals surface area (Å²) in [5, 5.41) is 16.5. The minimum Gasteiger partial charge on any atom is -0.412 e. The van der Waals surface area contributed by atoms with Crippen LogP contribution in [0.4, 0.5) is 0 Å². The van der Waals surface area contributed by atoms with Crippen molar-refractivity contribution in [2.75, 3.05) is 13.2 Å². The second-order valence-electron chi connectivity index (χ2n) is 1.58. The van der Waals surface area contributed by atoms with Crippen LogP contribution in [0.2, 0.25) is 0 Å². The fourth-order valence-electron chi connectivity index (χ4n) is 0.319. The summed E-state index contributed by atoms with van der Waals surface area (Å²) in [6.07, 6.45) is -1.21. The van der Waals surface area contributed by atoms with Gasteiger partial charge in [-0.25, -0.2) is 4.57 Å². The van der Waals surface area contributed by atoms with Crippen LogP contribution >= 0.6 is 7.82 Å². The molecule has 0 aliphatic heterocycles. The summed E-state index contributed by atoms with van der Waals surface area (Å²) in [4.78, 5) is 16.2. The standard InChI is InChI=1S/C3H9O6P.Na.H2O/c4-1-3(2-5)9-10(6,7)8;;/h3-5H,1-2H2,(H2,6,7,8);;1H2. The van der Waals surface area contributed by atoms with E-state index >= 15 is 0 Å². The minimum atomic E-state index is -4.57. The number of hydrogen-bond acceptors (Lipinski definition) is 4. The van der Waals surface area contributed by atoms with Crippen LogP contribution in [0.15, 0.2) is 0 Å². The third kappa shape index (κ3) is 11.0. The van der Waals surface area contributed by atoms with Gasteiger partial charge >= 0.3 is 7.82 Å². The molecule has 1 radical (unpaired) electrons. The van der Waals surface area contributed by atoms with E-state index in [1.165, 1.54) is 0 Å². The van der Waals surface area contributed by atoms with Gasteiger partial charge in [-0.3, -0.25) is 4.52 Å². The van der Waals surface area contributed by atoms with Crippen molar-refractivity contribution in [3.8, 4) is 0 Å². The van der Waals surface area contributed by atoms with E-state index in [1.54, 1.807) is 0 Å². The summed E-state index contributed by atoms with van der Waals surface area (Å²) >= 11 is 0. The number of phosphoric ester groups is 1. The number of aliphatic hydroxyl groups is 2. The van der Waals surface area contributed by atoms with E-state index in [0.29, 0.717) is 0 Å². The molecule has 7 nitrogen and oxygen atoms in total. The topological polar surface area (TPSA) is 139 Å². The van der Waals surface area contributed by atoms with E-state index in [1.807, 2.05) is 0 Å². The van der Waals surface area contributed by atoms with Crippen LogP contribution in [0.3, 0.4) is 0 Å². The number of hydrogen-bond donors (Lipinski definition) is 4. The van der Waals surface area contributed by atoms with Gasteiger partial charge in [-0.15, -0.1) is 0 Å². The van der Waals surface area contributed by atoms with Gasteiger partial charge in [0.1, 0.15) is 6.10 Å². The van der Waals surface area contributed by atoms with Gasteiger partial charge in [0.2, 0.25) is 0 Å². The fourth-order valence-corrected chi connectivity index (χ4v) is 0.840. The van der Waals surface area contributed by atoms with Gasteiger partial charge in [-0.2, -0.15) is 0 Å². The van der Waals surface area contributed by atoms with Crippen molar-refractivity contribution in [2.24, 2.45) is 0 Å². The molecule has 6 N–H and O–H groups in total. The molecule has 0 amide bonds. The monoisotopic (exact) mass is 213 g/mol. The van der Waals surface area contributed by atoms with Crippen molar-refractivity contribution in [3.05, 3.63) is 0 Å². The molecule has 0 rings (SSSR count). The van der Waals surface area contributed by atoms with E-state index in [2.05, 4.69) is 4.52 Å². The van der Waals surface area contributed by atoms with E-state index in [9.17, 15) is 4.57 Å². The van der Waals surface area contributed by atoms with E-state index in [0.717, 1.165) is 0 Å². The van der Waals surface area contributed by atoms with E-state index < -0.39 is 27.1 Å². The molecule has 12 heavy (non-hydrogen) atoms. The molecule has 0 aromatic rings. The Hall–Kier alpha value is 0.990. The van der Waals surface area contributed by atoms with Crippen molar-refractivity contribution in [3.63, 3.8) is 0 Å². The minimum absolute atomic E-state index is 0. The van der Waals surface area contributed by atoms with E-state index in [4.69, 9.17) is 20.0 Å². The van der Waals surface area contributed by atoms with Gasteiger partial charge in [0, 0.05) is 29.6 Å². The van der Waals surface area contributed by atoms with Crippen LogP contribution in [0, 0.1) is 0 Å². The first-order valence-corrected chi connectivity index (χ1v) is 3.98. The average Bonchev–Trinajstić information content (AvgIpc) is 1.81. The Bertz CT molecular complexity index is 131. The SMILES string of the molecule is O.O=P(O)(O)OC(CO)CO.[Na]. The molecule has 9 heteroatoms. The second kappa shape index (κ2) is 8.58. The molecule has 0 saturated carbocycles.